The lowest BCUT2D eigenvalue weighted by molar-refractivity contribution is -0.118. The maximum absolute atomic E-state index is 11.9. The highest BCUT2D eigenvalue weighted by Gasteiger charge is 2.17. The Morgan fingerprint density at radius 2 is 2.14 bits per heavy atom. The Hall–Kier alpha value is -2.47. The second-order valence-corrected chi connectivity index (χ2v) is 4.93. The minimum Gasteiger partial charge on any atom is -0.437 e. The normalized spacial score (nSPS) is 12.0. The van der Waals surface area contributed by atoms with Crippen LogP contribution in [0.5, 0.6) is 11.6 Å². The fraction of sp³-hybridized carbons (Fsp3) is 0.267. The molecule has 0 fully saturated rings. The first kappa shape index (κ1) is 14.9. The number of amides is 1. The highest BCUT2D eigenvalue weighted by molar-refractivity contribution is 5.94. The number of nitrogens with two attached hydrogens (primary N) is 1. The van der Waals surface area contributed by atoms with Crippen molar-refractivity contribution in [2.45, 2.75) is 19.9 Å². The van der Waals surface area contributed by atoms with E-state index in [1.807, 2.05) is 13.8 Å². The molecule has 1 heterocycles. The highest BCUT2D eigenvalue weighted by atomic mass is 16.5. The lowest BCUT2D eigenvalue weighted by Crippen LogP contribution is -2.39. The van der Waals surface area contributed by atoms with Gasteiger partial charge in [-0.15, -0.1) is 0 Å². The molecule has 0 saturated carbocycles. The van der Waals surface area contributed by atoms with Gasteiger partial charge in [0, 0.05) is 24.1 Å². The molecule has 0 unspecified atom stereocenters. The van der Waals surface area contributed by atoms with Crippen LogP contribution in [-0.4, -0.2) is 21.9 Å². The standard InChI is InChI=1S/C15H18N4O2/c1-10(2)14(16)15(20)19-11-4-3-5-12(8-11)21-13-9-17-6-7-18-13/h3-10,14H,16H2,1-2H3,(H,19,20)/t14-/m0/s1. The average Bonchev–Trinajstić information content (AvgIpc) is 2.47. The minimum absolute atomic E-state index is 0.0732. The summed E-state index contributed by atoms with van der Waals surface area (Å²) in [5, 5.41) is 2.77. The number of hydrogen-bond donors (Lipinski definition) is 2. The van der Waals surface area contributed by atoms with Crippen molar-refractivity contribution in [2.24, 2.45) is 11.7 Å². The molecule has 110 valence electrons. The van der Waals surface area contributed by atoms with Crippen molar-refractivity contribution in [1.29, 1.82) is 0 Å². The summed E-state index contributed by atoms with van der Waals surface area (Å²) in [7, 11) is 0. The molecule has 1 aromatic heterocycles. The molecule has 0 aliphatic rings. The second-order valence-electron chi connectivity index (χ2n) is 4.93. The van der Waals surface area contributed by atoms with E-state index >= 15 is 0 Å². The Morgan fingerprint density at radius 3 is 2.81 bits per heavy atom. The molecule has 0 spiro atoms. The van der Waals surface area contributed by atoms with Crippen LogP contribution in [0.25, 0.3) is 0 Å². The quantitative estimate of drug-likeness (QED) is 0.879. The van der Waals surface area contributed by atoms with Crippen LogP contribution in [0.15, 0.2) is 42.9 Å². The number of aromatic nitrogens is 2. The van der Waals surface area contributed by atoms with Crippen LogP contribution >= 0.6 is 0 Å². The number of anilines is 1. The molecule has 1 amide bonds. The van der Waals surface area contributed by atoms with E-state index in [1.54, 1.807) is 36.7 Å². The predicted octanol–water partition coefficient (Wildman–Crippen LogP) is 2.19. The zero-order chi connectivity index (χ0) is 15.2. The molecule has 2 rings (SSSR count). The van der Waals surface area contributed by atoms with Gasteiger partial charge in [-0.05, 0) is 18.1 Å². The van der Waals surface area contributed by atoms with E-state index in [0.29, 0.717) is 17.3 Å². The third-order valence-electron chi connectivity index (χ3n) is 2.88. The predicted molar refractivity (Wildman–Crippen MR) is 80.0 cm³/mol. The van der Waals surface area contributed by atoms with Crippen molar-refractivity contribution in [3.05, 3.63) is 42.9 Å². The summed E-state index contributed by atoms with van der Waals surface area (Å²) in [6.45, 7) is 3.80. The molecular formula is C15H18N4O2. The maximum atomic E-state index is 11.9. The highest BCUT2D eigenvalue weighted by Crippen LogP contribution is 2.22. The Morgan fingerprint density at radius 1 is 1.33 bits per heavy atom. The molecule has 0 aliphatic carbocycles. The molecule has 6 heteroatoms. The number of nitrogens with one attached hydrogen (secondary N) is 1. The van der Waals surface area contributed by atoms with Crippen LogP contribution in [0.2, 0.25) is 0 Å². The van der Waals surface area contributed by atoms with E-state index in [9.17, 15) is 4.79 Å². The summed E-state index contributed by atoms with van der Waals surface area (Å²) in [6.07, 6.45) is 4.62. The van der Waals surface area contributed by atoms with E-state index in [2.05, 4.69) is 15.3 Å². The van der Waals surface area contributed by atoms with Gasteiger partial charge in [0.1, 0.15) is 5.75 Å². The largest absolute Gasteiger partial charge is 0.437 e. The van der Waals surface area contributed by atoms with E-state index in [-0.39, 0.29) is 11.8 Å². The number of nitrogens with zero attached hydrogens (tertiary/aromatic N) is 2. The van der Waals surface area contributed by atoms with E-state index < -0.39 is 6.04 Å². The number of ether oxygens (including phenoxy) is 1. The van der Waals surface area contributed by atoms with Gasteiger partial charge in [-0.1, -0.05) is 19.9 Å². The van der Waals surface area contributed by atoms with Gasteiger partial charge in [-0.3, -0.25) is 9.78 Å². The number of hydrogen-bond acceptors (Lipinski definition) is 5. The summed E-state index contributed by atoms with van der Waals surface area (Å²) in [6, 6.07) is 6.48. The van der Waals surface area contributed by atoms with Crippen LogP contribution in [0.1, 0.15) is 13.8 Å². The van der Waals surface area contributed by atoms with Gasteiger partial charge in [-0.2, -0.15) is 0 Å². The van der Waals surface area contributed by atoms with Crippen molar-refractivity contribution in [3.8, 4) is 11.6 Å². The zero-order valence-corrected chi connectivity index (χ0v) is 12.0. The molecule has 6 nitrogen and oxygen atoms in total. The molecule has 0 saturated heterocycles. The van der Waals surface area contributed by atoms with Gasteiger partial charge in [0.25, 0.3) is 0 Å². The zero-order valence-electron chi connectivity index (χ0n) is 12.0. The fourth-order valence-corrected chi connectivity index (χ4v) is 1.62. The van der Waals surface area contributed by atoms with Gasteiger partial charge in [0.15, 0.2) is 0 Å². The Balaban J connectivity index is 2.06. The number of rotatable bonds is 5. The number of carbonyl (C=O) groups excluding carboxylic acids is 1. The van der Waals surface area contributed by atoms with Crippen LogP contribution in [0.4, 0.5) is 5.69 Å². The van der Waals surface area contributed by atoms with Gasteiger partial charge in [0.05, 0.1) is 12.2 Å². The summed E-state index contributed by atoms with van der Waals surface area (Å²) in [5.74, 6) is 0.803. The minimum atomic E-state index is -0.547. The molecule has 0 radical (unpaired) electrons. The molecule has 1 atom stereocenters. The lowest BCUT2D eigenvalue weighted by atomic mass is 10.0. The van der Waals surface area contributed by atoms with E-state index in [1.165, 1.54) is 6.20 Å². The third kappa shape index (κ3) is 4.25. The summed E-state index contributed by atoms with van der Waals surface area (Å²) in [5.41, 5.74) is 6.43. The topological polar surface area (TPSA) is 90.1 Å². The first-order chi connectivity index (χ1) is 10.1. The molecule has 2 aromatic rings. The SMILES string of the molecule is CC(C)[C@H](N)C(=O)Nc1cccc(Oc2cnccn2)c1. The van der Waals surface area contributed by atoms with Gasteiger partial charge < -0.3 is 15.8 Å². The van der Waals surface area contributed by atoms with Crippen LogP contribution in [0.3, 0.4) is 0 Å². The Kier molecular flexibility index (Phi) is 4.84. The van der Waals surface area contributed by atoms with Crippen molar-refractivity contribution in [3.63, 3.8) is 0 Å². The van der Waals surface area contributed by atoms with Crippen LogP contribution < -0.4 is 15.8 Å². The third-order valence-corrected chi connectivity index (χ3v) is 2.88. The smallest absolute Gasteiger partial charge is 0.241 e. The summed E-state index contributed by atoms with van der Waals surface area (Å²) < 4.78 is 5.55. The number of carbonyl (C=O) groups is 1. The van der Waals surface area contributed by atoms with Crippen molar-refractivity contribution in [1.82, 2.24) is 9.97 Å². The maximum Gasteiger partial charge on any atom is 0.241 e. The fourth-order valence-electron chi connectivity index (χ4n) is 1.62. The van der Waals surface area contributed by atoms with Gasteiger partial charge in [0.2, 0.25) is 11.8 Å². The average molecular weight is 286 g/mol. The van der Waals surface area contributed by atoms with Crippen LogP contribution in [-0.2, 0) is 4.79 Å². The Bertz CT molecular complexity index is 602. The first-order valence-electron chi connectivity index (χ1n) is 6.66. The lowest BCUT2D eigenvalue weighted by Gasteiger charge is -2.15. The molecule has 21 heavy (non-hydrogen) atoms. The van der Waals surface area contributed by atoms with Crippen molar-refractivity contribution in [2.75, 3.05) is 5.32 Å². The van der Waals surface area contributed by atoms with E-state index in [0.717, 1.165) is 0 Å². The van der Waals surface area contributed by atoms with Gasteiger partial charge >= 0.3 is 0 Å². The van der Waals surface area contributed by atoms with Gasteiger partial charge in [-0.25, -0.2) is 4.98 Å². The molecule has 0 bridgehead atoms. The second kappa shape index (κ2) is 6.81. The Labute approximate surface area is 123 Å². The summed E-state index contributed by atoms with van der Waals surface area (Å²) in [4.78, 5) is 19.9. The van der Waals surface area contributed by atoms with E-state index in [4.69, 9.17) is 10.5 Å². The van der Waals surface area contributed by atoms with Crippen molar-refractivity contribution >= 4 is 11.6 Å². The first-order valence-corrected chi connectivity index (χ1v) is 6.66. The monoisotopic (exact) mass is 286 g/mol. The van der Waals surface area contributed by atoms with Crippen molar-refractivity contribution < 1.29 is 9.53 Å². The molecular weight excluding hydrogens is 268 g/mol. The molecule has 3 N–H and O–H groups in total. The number of benzene rings is 1. The molecule has 1 aromatic carbocycles. The molecule has 0 aliphatic heterocycles. The van der Waals surface area contributed by atoms with Crippen LogP contribution in [0, 0.1) is 5.92 Å². The summed E-state index contributed by atoms with van der Waals surface area (Å²) >= 11 is 0.